The van der Waals surface area contributed by atoms with Crippen molar-refractivity contribution in [1.29, 1.82) is 0 Å². The molecule has 2 atom stereocenters. The van der Waals surface area contributed by atoms with Gasteiger partial charge >= 0.3 is 0 Å². The number of benzene rings is 1. The monoisotopic (exact) mass is 283 g/mol. The van der Waals surface area contributed by atoms with Crippen LogP contribution in [0.2, 0.25) is 0 Å². The van der Waals surface area contributed by atoms with E-state index in [1.54, 1.807) is 12.1 Å². The van der Waals surface area contributed by atoms with Crippen molar-refractivity contribution in [3.8, 4) is 5.75 Å². The van der Waals surface area contributed by atoms with E-state index in [1.165, 1.54) is 0 Å². The predicted molar refractivity (Wildman–Crippen MR) is 71.3 cm³/mol. The van der Waals surface area contributed by atoms with Gasteiger partial charge in [0.25, 0.3) is 5.91 Å². The van der Waals surface area contributed by atoms with Crippen molar-refractivity contribution in [3.05, 3.63) is 24.3 Å². The summed E-state index contributed by atoms with van der Waals surface area (Å²) in [7, 11) is 0. The smallest absolute Gasteiger partial charge is 0.270 e. The van der Waals surface area contributed by atoms with Crippen molar-refractivity contribution in [2.75, 3.05) is 11.9 Å². The highest BCUT2D eigenvalue weighted by Crippen LogP contribution is 2.37. The molecule has 1 aromatic carbocycles. The number of carbonyl (C=O) groups excluding carboxylic acids is 2. The van der Waals surface area contributed by atoms with Gasteiger partial charge in [-0.05, 0) is 12.1 Å². The third-order valence-electron chi connectivity index (χ3n) is 3.37. The van der Waals surface area contributed by atoms with Gasteiger partial charge in [0.15, 0.2) is 0 Å². The van der Waals surface area contributed by atoms with E-state index in [-0.39, 0.29) is 31.3 Å². The van der Waals surface area contributed by atoms with E-state index < -0.39 is 17.6 Å². The zero-order valence-electron chi connectivity index (χ0n) is 10.0. The first kappa shape index (κ1) is 13.6. The molecule has 1 spiro atoms. The zero-order chi connectivity index (χ0) is 12.8. The molecule has 1 saturated heterocycles. The van der Waals surface area contributed by atoms with Gasteiger partial charge in [0.2, 0.25) is 11.5 Å². The molecule has 2 amide bonds. The molecular weight excluding hydrogens is 270 g/mol. The second-order valence-electron chi connectivity index (χ2n) is 4.59. The average molecular weight is 284 g/mol. The first-order chi connectivity index (χ1) is 8.61. The maximum Gasteiger partial charge on any atom is 0.270 e. The van der Waals surface area contributed by atoms with Crippen molar-refractivity contribution < 1.29 is 14.3 Å². The van der Waals surface area contributed by atoms with Crippen molar-refractivity contribution in [2.24, 2.45) is 5.73 Å². The lowest BCUT2D eigenvalue weighted by Crippen LogP contribution is -2.52. The quantitative estimate of drug-likeness (QED) is 0.678. The number of nitrogens with one attached hydrogen (secondary N) is 2. The Kier molecular flexibility index (Phi) is 3.38. The van der Waals surface area contributed by atoms with Crippen LogP contribution in [0.15, 0.2) is 24.3 Å². The van der Waals surface area contributed by atoms with Gasteiger partial charge in [0.1, 0.15) is 5.75 Å². The van der Waals surface area contributed by atoms with E-state index in [0.717, 1.165) is 0 Å². The van der Waals surface area contributed by atoms with Gasteiger partial charge in [-0.1, -0.05) is 12.1 Å². The van der Waals surface area contributed by atoms with Crippen molar-refractivity contribution in [2.45, 2.75) is 18.1 Å². The van der Waals surface area contributed by atoms with Crippen LogP contribution in [-0.2, 0) is 9.59 Å². The Hall–Kier alpha value is -1.79. The lowest BCUT2D eigenvalue weighted by Gasteiger charge is -2.33. The molecule has 3 rings (SSSR count). The average Bonchev–Trinajstić information content (AvgIpc) is 2.76. The lowest BCUT2D eigenvalue weighted by atomic mass is 9.96. The molecule has 1 aromatic rings. The van der Waals surface area contributed by atoms with Crippen LogP contribution < -0.4 is 21.1 Å². The summed E-state index contributed by atoms with van der Waals surface area (Å²) in [4.78, 5) is 23.3. The number of carbonyl (C=O) groups is 2. The number of anilines is 1. The number of fused-ring (bicyclic) bond motifs is 1. The Morgan fingerprint density at radius 3 is 2.84 bits per heavy atom. The van der Waals surface area contributed by atoms with E-state index in [9.17, 15) is 9.59 Å². The molecule has 0 aromatic heterocycles. The fourth-order valence-corrected chi connectivity index (χ4v) is 2.37. The van der Waals surface area contributed by atoms with E-state index in [2.05, 4.69) is 10.6 Å². The highest BCUT2D eigenvalue weighted by molar-refractivity contribution is 6.02. The molecule has 2 heterocycles. The molecular formula is C12H14ClN3O3. The normalized spacial score (nSPS) is 28.0. The summed E-state index contributed by atoms with van der Waals surface area (Å²) in [5.41, 5.74) is 4.85. The molecule has 1 fully saturated rings. The fourth-order valence-electron chi connectivity index (χ4n) is 2.37. The number of nitrogens with two attached hydrogens (primary N) is 1. The SMILES string of the molecule is Cl.NC(=O)[C@@H]1CC2(CN1)Oc1ccccc1NC2=O. The Morgan fingerprint density at radius 1 is 1.42 bits per heavy atom. The molecule has 6 nitrogen and oxygen atoms in total. The fraction of sp³-hybridized carbons (Fsp3) is 0.333. The summed E-state index contributed by atoms with van der Waals surface area (Å²) in [5, 5.41) is 5.71. The second kappa shape index (κ2) is 4.71. The molecule has 2 aliphatic rings. The van der Waals surface area contributed by atoms with Gasteiger partial charge in [-0.25, -0.2) is 0 Å². The minimum atomic E-state index is -1.03. The maximum atomic E-state index is 12.1. The Labute approximate surface area is 116 Å². The van der Waals surface area contributed by atoms with Crippen molar-refractivity contribution in [1.82, 2.24) is 5.32 Å². The van der Waals surface area contributed by atoms with E-state index in [4.69, 9.17) is 10.5 Å². The number of ether oxygens (including phenoxy) is 1. The number of primary amides is 1. The summed E-state index contributed by atoms with van der Waals surface area (Å²) in [6.45, 7) is 0.279. The van der Waals surface area contributed by atoms with Gasteiger partial charge in [0, 0.05) is 13.0 Å². The number of hydrogen-bond acceptors (Lipinski definition) is 4. The first-order valence-corrected chi connectivity index (χ1v) is 5.73. The summed E-state index contributed by atoms with van der Waals surface area (Å²) in [6.07, 6.45) is 0.252. The van der Waals surface area contributed by atoms with Crippen LogP contribution in [0.5, 0.6) is 5.75 Å². The third kappa shape index (κ3) is 2.13. The third-order valence-corrected chi connectivity index (χ3v) is 3.37. The largest absolute Gasteiger partial charge is 0.474 e. The molecule has 0 saturated carbocycles. The number of para-hydroxylation sites is 2. The summed E-state index contributed by atoms with van der Waals surface area (Å²) in [6, 6.07) is 6.68. The number of hydrogen-bond donors (Lipinski definition) is 3. The highest BCUT2D eigenvalue weighted by Gasteiger charge is 2.51. The van der Waals surface area contributed by atoms with E-state index in [1.807, 2.05) is 12.1 Å². The maximum absolute atomic E-state index is 12.1. The predicted octanol–water partition coefficient (Wildman–Crippen LogP) is 0.0253. The molecule has 4 N–H and O–H groups in total. The molecule has 2 aliphatic heterocycles. The van der Waals surface area contributed by atoms with Gasteiger partial charge in [-0.3, -0.25) is 9.59 Å². The van der Waals surface area contributed by atoms with Gasteiger partial charge in [-0.15, -0.1) is 12.4 Å². The van der Waals surface area contributed by atoms with Crippen LogP contribution >= 0.6 is 12.4 Å². The second-order valence-corrected chi connectivity index (χ2v) is 4.59. The van der Waals surface area contributed by atoms with Crippen LogP contribution in [0.1, 0.15) is 6.42 Å². The summed E-state index contributed by atoms with van der Waals surface area (Å²) < 4.78 is 5.79. The topological polar surface area (TPSA) is 93.5 Å². The zero-order valence-corrected chi connectivity index (χ0v) is 10.8. The Morgan fingerprint density at radius 2 is 2.16 bits per heavy atom. The number of rotatable bonds is 1. The molecule has 0 bridgehead atoms. The first-order valence-electron chi connectivity index (χ1n) is 5.73. The van der Waals surface area contributed by atoms with Crippen LogP contribution in [0.4, 0.5) is 5.69 Å². The number of amides is 2. The Bertz CT molecular complexity index is 537. The highest BCUT2D eigenvalue weighted by atomic mass is 35.5. The summed E-state index contributed by atoms with van der Waals surface area (Å²) >= 11 is 0. The van der Waals surface area contributed by atoms with Crippen LogP contribution in [0.3, 0.4) is 0 Å². The minimum Gasteiger partial charge on any atom is -0.474 e. The van der Waals surface area contributed by atoms with Crippen LogP contribution in [0, 0.1) is 0 Å². The lowest BCUT2D eigenvalue weighted by molar-refractivity contribution is -0.131. The summed E-state index contributed by atoms with van der Waals surface area (Å²) in [5.74, 6) is -0.0939. The van der Waals surface area contributed by atoms with Gasteiger partial charge < -0.3 is 21.1 Å². The molecule has 102 valence electrons. The van der Waals surface area contributed by atoms with Gasteiger partial charge in [0.05, 0.1) is 11.7 Å². The van der Waals surface area contributed by atoms with E-state index in [0.29, 0.717) is 11.4 Å². The standard InChI is InChI=1S/C12H13N3O3.ClH/c13-10(16)8-5-12(6-14-8)11(17)15-7-3-1-2-4-9(7)18-12;/h1-4,8,14H,5-6H2,(H2,13,16)(H,15,17);1H/t8-,12?;/m0./s1. The Balaban J connectivity index is 0.00000133. The van der Waals surface area contributed by atoms with Crippen LogP contribution in [0.25, 0.3) is 0 Å². The molecule has 0 aliphatic carbocycles. The van der Waals surface area contributed by atoms with Crippen molar-refractivity contribution >= 4 is 29.9 Å². The van der Waals surface area contributed by atoms with Crippen LogP contribution in [-0.4, -0.2) is 30.0 Å². The van der Waals surface area contributed by atoms with Crippen molar-refractivity contribution in [3.63, 3.8) is 0 Å². The molecule has 1 unspecified atom stereocenters. The molecule has 7 heteroatoms. The van der Waals surface area contributed by atoms with E-state index >= 15 is 0 Å². The minimum absolute atomic E-state index is 0. The van der Waals surface area contributed by atoms with Gasteiger partial charge in [-0.2, -0.15) is 0 Å². The number of halogens is 1. The molecule has 19 heavy (non-hydrogen) atoms. The molecule has 0 radical (unpaired) electrons.